The summed E-state index contributed by atoms with van der Waals surface area (Å²) in [6.07, 6.45) is 0. The van der Waals surface area contributed by atoms with Gasteiger partial charge in [0.05, 0.1) is 0 Å². The predicted molar refractivity (Wildman–Crippen MR) is 80.1 cm³/mol. The van der Waals surface area contributed by atoms with Crippen molar-refractivity contribution in [2.24, 2.45) is 0 Å². The first-order valence-electron chi connectivity index (χ1n) is 5.69. The topological polar surface area (TPSA) is 9.23 Å². The highest BCUT2D eigenvalue weighted by Gasteiger charge is 2.06. The molecule has 18 heavy (non-hydrogen) atoms. The molecule has 0 radical (unpaired) electrons. The van der Waals surface area contributed by atoms with E-state index in [1.165, 1.54) is 11.1 Å². The summed E-state index contributed by atoms with van der Waals surface area (Å²) in [6.45, 7) is 4.16. The number of aryl methyl sites for hydroxylation is 2. The monoisotopic (exact) mass is 324 g/mol. The van der Waals surface area contributed by atoms with Crippen molar-refractivity contribution >= 4 is 27.5 Å². The fraction of sp³-hybridized carbons (Fsp3) is 0.200. The number of benzene rings is 2. The molecule has 0 unspecified atom stereocenters. The van der Waals surface area contributed by atoms with E-state index >= 15 is 0 Å². The van der Waals surface area contributed by atoms with E-state index in [0.29, 0.717) is 5.02 Å². The van der Waals surface area contributed by atoms with Gasteiger partial charge in [-0.2, -0.15) is 0 Å². The van der Waals surface area contributed by atoms with E-state index in [0.717, 1.165) is 22.4 Å². The second-order valence-corrected chi connectivity index (χ2v) is 5.23. The van der Waals surface area contributed by atoms with E-state index in [1.807, 2.05) is 30.3 Å². The van der Waals surface area contributed by atoms with Crippen LogP contribution in [0.3, 0.4) is 0 Å². The molecule has 0 aliphatic rings. The van der Waals surface area contributed by atoms with Crippen LogP contribution in [0.5, 0.6) is 11.5 Å². The van der Waals surface area contributed by atoms with E-state index in [1.54, 1.807) is 0 Å². The van der Waals surface area contributed by atoms with Crippen molar-refractivity contribution in [3.8, 4) is 11.5 Å². The van der Waals surface area contributed by atoms with Gasteiger partial charge in [-0.1, -0.05) is 39.7 Å². The van der Waals surface area contributed by atoms with Crippen LogP contribution in [0, 0.1) is 13.8 Å². The van der Waals surface area contributed by atoms with Crippen LogP contribution in [0.1, 0.15) is 16.7 Å². The Kier molecular flexibility index (Phi) is 4.31. The van der Waals surface area contributed by atoms with Crippen molar-refractivity contribution in [3.05, 3.63) is 58.1 Å². The van der Waals surface area contributed by atoms with Gasteiger partial charge in [-0.25, -0.2) is 0 Å². The number of hydrogen-bond acceptors (Lipinski definition) is 1. The third-order valence-corrected chi connectivity index (χ3v) is 3.72. The van der Waals surface area contributed by atoms with Crippen molar-refractivity contribution in [1.82, 2.24) is 0 Å². The third-order valence-electron chi connectivity index (χ3n) is 2.88. The van der Waals surface area contributed by atoms with Gasteiger partial charge in [0.1, 0.15) is 11.5 Å². The maximum Gasteiger partial charge on any atom is 0.132 e. The predicted octanol–water partition coefficient (Wildman–Crippen LogP) is 5.64. The van der Waals surface area contributed by atoms with Crippen LogP contribution in [0.4, 0.5) is 0 Å². The molecular weight excluding hydrogens is 312 g/mol. The molecular formula is C15H14BrClO. The number of halogens is 2. The molecule has 94 valence electrons. The van der Waals surface area contributed by atoms with Gasteiger partial charge in [-0.15, -0.1) is 0 Å². The standard InChI is InChI=1S/C15H14BrClO/c1-10-3-6-14(7-11(10)2)18-15-8-13(17)5-4-12(15)9-16/h3-8H,9H2,1-2H3. The molecule has 3 heteroatoms. The van der Waals surface area contributed by atoms with Crippen LogP contribution in [-0.2, 0) is 5.33 Å². The molecule has 0 N–H and O–H groups in total. The van der Waals surface area contributed by atoms with Gasteiger partial charge in [0.2, 0.25) is 0 Å². The van der Waals surface area contributed by atoms with Crippen LogP contribution in [0.2, 0.25) is 5.02 Å². The summed E-state index contributed by atoms with van der Waals surface area (Å²) in [5, 5.41) is 1.42. The number of alkyl halides is 1. The molecule has 0 amide bonds. The second-order valence-electron chi connectivity index (χ2n) is 4.23. The molecule has 0 aromatic heterocycles. The fourth-order valence-electron chi connectivity index (χ4n) is 1.64. The van der Waals surface area contributed by atoms with E-state index in [9.17, 15) is 0 Å². The second kappa shape index (κ2) is 5.77. The van der Waals surface area contributed by atoms with E-state index in [4.69, 9.17) is 16.3 Å². The Hall–Kier alpha value is -0.990. The van der Waals surface area contributed by atoms with E-state index in [-0.39, 0.29) is 0 Å². The van der Waals surface area contributed by atoms with Crippen molar-refractivity contribution < 1.29 is 4.74 Å². The average Bonchev–Trinajstić information content (AvgIpc) is 2.34. The van der Waals surface area contributed by atoms with Gasteiger partial charge in [-0.3, -0.25) is 0 Å². The van der Waals surface area contributed by atoms with Crippen LogP contribution in [0.25, 0.3) is 0 Å². The van der Waals surface area contributed by atoms with Crippen LogP contribution < -0.4 is 4.74 Å². The average molecular weight is 326 g/mol. The Bertz CT molecular complexity index is 566. The van der Waals surface area contributed by atoms with Crippen molar-refractivity contribution in [3.63, 3.8) is 0 Å². The molecule has 0 aliphatic carbocycles. The third kappa shape index (κ3) is 3.06. The Balaban J connectivity index is 2.33. The van der Waals surface area contributed by atoms with Crippen LogP contribution in [-0.4, -0.2) is 0 Å². The molecule has 2 aromatic rings. The van der Waals surface area contributed by atoms with Gasteiger partial charge in [0.25, 0.3) is 0 Å². The first-order chi connectivity index (χ1) is 8.60. The molecule has 0 aliphatic heterocycles. The molecule has 0 atom stereocenters. The van der Waals surface area contributed by atoms with Crippen molar-refractivity contribution in [2.75, 3.05) is 0 Å². The smallest absolute Gasteiger partial charge is 0.132 e. The quantitative estimate of drug-likeness (QED) is 0.663. The molecule has 0 saturated carbocycles. The zero-order valence-electron chi connectivity index (χ0n) is 10.3. The summed E-state index contributed by atoms with van der Waals surface area (Å²) in [5.74, 6) is 1.63. The fourth-order valence-corrected chi connectivity index (χ4v) is 2.26. The molecule has 0 saturated heterocycles. The van der Waals surface area contributed by atoms with E-state index in [2.05, 4.69) is 35.8 Å². The molecule has 0 bridgehead atoms. The Morgan fingerprint density at radius 1 is 1.06 bits per heavy atom. The van der Waals surface area contributed by atoms with Gasteiger partial charge < -0.3 is 4.74 Å². The lowest BCUT2D eigenvalue weighted by molar-refractivity contribution is 0.478. The normalized spacial score (nSPS) is 10.4. The lowest BCUT2D eigenvalue weighted by Gasteiger charge is -2.11. The SMILES string of the molecule is Cc1ccc(Oc2cc(Cl)ccc2CBr)cc1C. The number of rotatable bonds is 3. The zero-order valence-corrected chi connectivity index (χ0v) is 12.7. The maximum absolute atomic E-state index is 6.00. The van der Waals surface area contributed by atoms with Crippen LogP contribution in [0.15, 0.2) is 36.4 Å². The first kappa shape index (κ1) is 13.4. The summed E-state index contributed by atoms with van der Waals surface area (Å²) >= 11 is 9.45. The number of hydrogen-bond donors (Lipinski definition) is 0. The molecule has 1 nitrogen and oxygen atoms in total. The summed E-state index contributed by atoms with van der Waals surface area (Å²) in [6, 6.07) is 11.7. The largest absolute Gasteiger partial charge is 0.457 e. The Morgan fingerprint density at radius 3 is 2.50 bits per heavy atom. The van der Waals surface area contributed by atoms with Crippen LogP contribution >= 0.6 is 27.5 Å². The summed E-state index contributed by atoms with van der Waals surface area (Å²) < 4.78 is 5.90. The highest BCUT2D eigenvalue weighted by Crippen LogP contribution is 2.30. The lowest BCUT2D eigenvalue weighted by atomic mass is 10.1. The molecule has 0 fully saturated rings. The van der Waals surface area contributed by atoms with Crippen molar-refractivity contribution in [2.45, 2.75) is 19.2 Å². The van der Waals surface area contributed by atoms with E-state index < -0.39 is 0 Å². The lowest BCUT2D eigenvalue weighted by Crippen LogP contribution is -1.91. The molecule has 2 rings (SSSR count). The highest BCUT2D eigenvalue weighted by atomic mass is 79.9. The van der Waals surface area contributed by atoms with Gasteiger partial charge in [-0.05, 0) is 49.2 Å². The Labute approximate surface area is 121 Å². The maximum atomic E-state index is 6.00. The van der Waals surface area contributed by atoms with Gasteiger partial charge in [0, 0.05) is 15.9 Å². The Morgan fingerprint density at radius 2 is 1.83 bits per heavy atom. The minimum atomic E-state index is 0.679. The van der Waals surface area contributed by atoms with Gasteiger partial charge >= 0.3 is 0 Å². The first-order valence-corrected chi connectivity index (χ1v) is 7.19. The molecule has 0 heterocycles. The minimum Gasteiger partial charge on any atom is -0.457 e. The summed E-state index contributed by atoms with van der Waals surface area (Å²) in [7, 11) is 0. The summed E-state index contributed by atoms with van der Waals surface area (Å²) in [5.41, 5.74) is 3.56. The zero-order chi connectivity index (χ0) is 13.1. The van der Waals surface area contributed by atoms with Gasteiger partial charge in [0.15, 0.2) is 0 Å². The molecule has 0 spiro atoms. The molecule has 2 aromatic carbocycles. The number of ether oxygens (including phenoxy) is 1. The minimum absolute atomic E-state index is 0.679. The van der Waals surface area contributed by atoms with Crippen molar-refractivity contribution in [1.29, 1.82) is 0 Å². The highest BCUT2D eigenvalue weighted by molar-refractivity contribution is 9.08. The summed E-state index contributed by atoms with van der Waals surface area (Å²) in [4.78, 5) is 0.